The molecule has 0 saturated carbocycles. The number of hydrogen-bond acceptors (Lipinski definition) is 2. The summed E-state index contributed by atoms with van der Waals surface area (Å²) in [7, 11) is 0. The van der Waals surface area contributed by atoms with Gasteiger partial charge in [0.1, 0.15) is 6.54 Å². The SMILES string of the molecule is CCNC(C)c1cccn1CC(=O)NCCC(C)C. The fraction of sp³-hybridized carbons (Fsp3) is 0.667. The first-order chi connectivity index (χ1) is 9.04. The number of carbonyl (C=O) groups excluding carboxylic acids is 1. The lowest BCUT2D eigenvalue weighted by Crippen LogP contribution is -2.30. The molecule has 4 heteroatoms. The molecule has 1 atom stereocenters. The number of nitrogens with zero attached hydrogens (tertiary/aromatic N) is 1. The topological polar surface area (TPSA) is 46.1 Å². The normalized spacial score (nSPS) is 12.7. The van der Waals surface area contributed by atoms with E-state index in [1.807, 2.05) is 16.8 Å². The molecule has 1 amide bonds. The van der Waals surface area contributed by atoms with Crippen molar-refractivity contribution in [1.82, 2.24) is 15.2 Å². The van der Waals surface area contributed by atoms with E-state index < -0.39 is 0 Å². The van der Waals surface area contributed by atoms with Crippen LogP contribution in [-0.2, 0) is 11.3 Å². The van der Waals surface area contributed by atoms with Crippen LogP contribution in [0.15, 0.2) is 18.3 Å². The lowest BCUT2D eigenvalue weighted by molar-refractivity contribution is -0.121. The van der Waals surface area contributed by atoms with E-state index in [-0.39, 0.29) is 11.9 Å². The fourth-order valence-corrected chi connectivity index (χ4v) is 2.09. The van der Waals surface area contributed by atoms with Crippen LogP contribution in [-0.4, -0.2) is 23.6 Å². The molecule has 0 radical (unpaired) electrons. The van der Waals surface area contributed by atoms with Gasteiger partial charge in [0.05, 0.1) is 0 Å². The highest BCUT2D eigenvalue weighted by Crippen LogP contribution is 2.12. The minimum atomic E-state index is 0.0850. The Hall–Kier alpha value is -1.29. The maximum Gasteiger partial charge on any atom is 0.239 e. The monoisotopic (exact) mass is 265 g/mol. The molecule has 1 heterocycles. The third-order valence-electron chi connectivity index (χ3n) is 3.18. The molecule has 19 heavy (non-hydrogen) atoms. The maximum atomic E-state index is 11.9. The van der Waals surface area contributed by atoms with Crippen molar-refractivity contribution in [2.24, 2.45) is 5.92 Å². The highest BCUT2D eigenvalue weighted by Gasteiger charge is 2.11. The fourth-order valence-electron chi connectivity index (χ4n) is 2.09. The van der Waals surface area contributed by atoms with Crippen LogP contribution < -0.4 is 10.6 Å². The highest BCUT2D eigenvalue weighted by atomic mass is 16.1. The first-order valence-electron chi connectivity index (χ1n) is 7.19. The summed E-state index contributed by atoms with van der Waals surface area (Å²) in [6.45, 7) is 10.6. The van der Waals surface area contributed by atoms with Gasteiger partial charge in [0.25, 0.3) is 0 Å². The average Bonchev–Trinajstić information content (AvgIpc) is 2.76. The molecule has 0 aromatic carbocycles. The summed E-state index contributed by atoms with van der Waals surface area (Å²) < 4.78 is 2.01. The van der Waals surface area contributed by atoms with Crippen LogP contribution in [0, 0.1) is 5.92 Å². The number of aromatic nitrogens is 1. The molecule has 1 unspecified atom stereocenters. The molecule has 0 saturated heterocycles. The minimum absolute atomic E-state index is 0.0850. The molecule has 0 fully saturated rings. The quantitative estimate of drug-likeness (QED) is 0.758. The van der Waals surface area contributed by atoms with E-state index in [4.69, 9.17) is 0 Å². The standard InChI is InChI=1S/C15H27N3O/c1-5-16-13(4)14-7-6-10-18(14)11-15(19)17-9-8-12(2)3/h6-7,10,12-13,16H,5,8-9,11H2,1-4H3,(H,17,19). The molecule has 4 nitrogen and oxygen atoms in total. The third kappa shape index (κ3) is 5.47. The van der Waals surface area contributed by atoms with Crippen molar-refractivity contribution in [3.63, 3.8) is 0 Å². The second kappa shape index (κ2) is 8.00. The molecule has 2 N–H and O–H groups in total. The molecule has 1 rings (SSSR count). The molecule has 1 aromatic rings. The van der Waals surface area contributed by atoms with Crippen molar-refractivity contribution in [2.75, 3.05) is 13.1 Å². The van der Waals surface area contributed by atoms with Gasteiger partial charge >= 0.3 is 0 Å². The lowest BCUT2D eigenvalue weighted by Gasteiger charge is -2.16. The Morgan fingerprint density at radius 2 is 2.11 bits per heavy atom. The van der Waals surface area contributed by atoms with Crippen LogP contribution >= 0.6 is 0 Å². The van der Waals surface area contributed by atoms with E-state index in [1.165, 1.54) is 0 Å². The summed E-state index contributed by atoms with van der Waals surface area (Å²) in [5.74, 6) is 0.706. The van der Waals surface area contributed by atoms with Gasteiger partial charge < -0.3 is 15.2 Å². The van der Waals surface area contributed by atoms with E-state index >= 15 is 0 Å². The molecule has 0 aliphatic carbocycles. The van der Waals surface area contributed by atoms with Crippen molar-refractivity contribution in [2.45, 2.75) is 46.7 Å². The molecular weight excluding hydrogens is 238 g/mol. The second-order valence-electron chi connectivity index (χ2n) is 5.37. The van der Waals surface area contributed by atoms with Crippen molar-refractivity contribution in [3.8, 4) is 0 Å². The van der Waals surface area contributed by atoms with Gasteiger partial charge in [-0.3, -0.25) is 4.79 Å². The summed E-state index contributed by atoms with van der Waals surface area (Å²) >= 11 is 0. The molecule has 0 bridgehead atoms. The Kier molecular flexibility index (Phi) is 6.64. The van der Waals surface area contributed by atoms with Gasteiger partial charge in [0.15, 0.2) is 0 Å². The molecule has 0 aliphatic rings. The summed E-state index contributed by atoms with van der Waals surface area (Å²) in [6, 6.07) is 4.32. The van der Waals surface area contributed by atoms with Gasteiger partial charge in [-0.2, -0.15) is 0 Å². The van der Waals surface area contributed by atoms with E-state index in [0.29, 0.717) is 12.5 Å². The Bertz CT molecular complexity index is 384. The molecular formula is C15H27N3O. The van der Waals surface area contributed by atoms with E-state index in [9.17, 15) is 4.79 Å². The van der Waals surface area contributed by atoms with E-state index in [0.717, 1.165) is 25.2 Å². The predicted molar refractivity (Wildman–Crippen MR) is 79.0 cm³/mol. The Morgan fingerprint density at radius 1 is 1.37 bits per heavy atom. The summed E-state index contributed by atoms with van der Waals surface area (Å²) in [4.78, 5) is 11.9. The zero-order chi connectivity index (χ0) is 14.3. The smallest absolute Gasteiger partial charge is 0.239 e. The summed E-state index contributed by atoms with van der Waals surface area (Å²) in [5, 5.41) is 6.34. The van der Waals surface area contributed by atoms with Gasteiger partial charge in [-0.15, -0.1) is 0 Å². The van der Waals surface area contributed by atoms with Crippen LogP contribution in [0.3, 0.4) is 0 Å². The van der Waals surface area contributed by atoms with Crippen LogP contribution in [0.4, 0.5) is 0 Å². The van der Waals surface area contributed by atoms with E-state index in [2.05, 4.69) is 44.4 Å². The Labute approximate surface area is 116 Å². The van der Waals surface area contributed by atoms with Crippen LogP contribution in [0.5, 0.6) is 0 Å². The maximum absolute atomic E-state index is 11.9. The van der Waals surface area contributed by atoms with E-state index in [1.54, 1.807) is 0 Å². The average molecular weight is 265 g/mol. The van der Waals surface area contributed by atoms with Gasteiger partial charge in [-0.25, -0.2) is 0 Å². The second-order valence-corrected chi connectivity index (χ2v) is 5.37. The van der Waals surface area contributed by atoms with Gasteiger partial charge in [-0.05, 0) is 37.9 Å². The highest BCUT2D eigenvalue weighted by molar-refractivity contribution is 5.75. The largest absolute Gasteiger partial charge is 0.355 e. The van der Waals surface area contributed by atoms with Crippen molar-refractivity contribution in [3.05, 3.63) is 24.0 Å². The number of carbonyl (C=O) groups is 1. The zero-order valence-electron chi connectivity index (χ0n) is 12.6. The predicted octanol–water partition coefficient (Wildman–Crippen LogP) is 2.32. The summed E-state index contributed by atoms with van der Waals surface area (Å²) in [6.07, 6.45) is 2.99. The number of rotatable bonds is 8. The van der Waals surface area contributed by atoms with Crippen LogP contribution in [0.1, 0.15) is 45.9 Å². The molecule has 1 aromatic heterocycles. The van der Waals surface area contributed by atoms with Gasteiger partial charge in [0, 0.05) is 24.5 Å². The van der Waals surface area contributed by atoms with Crippen LogP contribution in [0.2, 0.25) is 0 Å². The summed E-state index contributed by atoms with van der Waals surface area (Å²) in [5.41, 5.74) is 1.15. The molecule has 0 aliphatic heterocycles. The third-order valence-corrected chi connectivity index (χ3v) is 3.18. The van der Waals surface area contributed by atoms with Crippen molar-refractivity contribution < 1.29 is 4.79 Å². The Morgan fingerprint density at radius 3 is 2.74 bits per heavy atom. The van der Waals surface area contributed by atoms with Crippen molar-refractivity contribution >= 4 is 5.91 Å². The van der Waals surface area contributed by atoms with Crippen molar-refractivity contribution in [1.29, 1.82) is 0 Å². The number of amides is 1. The Balaban J connectivity index is 2.48. The number of hydrogen-bond donors (Lipinski definition) is 2. The molecule has 108 valence electrons. The molecule has 0 spiro atoms. The van der Waals surface area contributed by atoms with Gasteiger partial charge in [-0.1, -0.05) is 20.8 Å². The van der Waals surface area contributed by atoms with Crippen LogP contribution in [0.25, 0.3) is 0 Å². The zero-order valence-corrected chi connectivity index (χ0v) is 12.6. The number of nitrogens with one attached hydrogen (secondary N) is 2. The van der Waals surface area contributed by atoms with Gasteiger partial charge in [0.2, 0.25) is 5.91 Å². The lowest BCUT2D eigenvalue weighted by atomic mass is 10.1. The first-order valence-corrected chi connectivity index (χ1v) is 7.19. The first kappa shape index (κ1) is 15.8. The minimum Gasteiger partial charge on any atom is -0.355 e.